The van der Waals surface area contributed by atoms with Gasteiger partial charge in [-0.3, -0.25) is 0 Å². The van der Waals surface area contributed by atoms with Gasteiger partial charge in [-0.2, -0.15) is 4.31 Å². The molecule has 1 aromatic rings. The van der Waals surface area contributed by atoms with Gasteiger partial charge in [0.15, 0.2) is 0 Å². The first-order valence-electron chi connectivity index (χ1n) is 5.54. The summed E-state index contributed by atoms with van der Waals surface area (Å²) < 4.78 is 39.0. The van der Waals surface area contributed by atoms with Crippen molar-refractivity contribution in [2.75, 3.05) is 13.1 Å². The lowest BCUT2D eigenvalue weighted by Gasteiger charge is -2.17. The number of rotatable bonds is 3. The molecule has 94 valence electrons. The van der Waals surface area contributed by atoms with Gasteiger partial charge in [0.1, 0.15) is 5.82 Å². The fourth-order valence-electron chi connectivity index (χ4n) is 2.03. The normalized spacial score (nSPS) is 17.5. The maximum atomic E-state index is 13.0. The number of hydrogen-bond acceptors (Lipinski definition) is 3. The van der Waals surface area contributed by atoms with E-state index in [-0.39, 0.29) is 11.4 Å². The zero-order valence-corrected chi connectivity index (χ0v) is 10.2. The van der Waals surface area contributed by atoms with Crippen LogP contribution in [-0.4, -0.2) is 25.8 Å². The summed E-state index contributed by atoms with van der Waals surface area (Å²) in [5.74, 6) is -0.467. The topological polar surface area (TPSA) is 63.4 Å². The average Bonchev–Trinajstić information content (AvgIpc) is 2.82. The second-order valence-electron chi connectivity index (χ2n) is 4.07. The Bertz CT molecular complexity index is 510. The van der Waals surface area contributed by atoms with Crippen molar-refractivity contribution in [1.29, 1.82) is 0 Å². The van der Waals surface area contributed by atoms with Crippen molar-refractivity contribution >= 4 is 10.0 Å². The van der Waals surface area contributed by atoms with E-state index in [1.165, 1.54) is 16.4 Å². The van der Waals surface area contributed by atoms with Crippen LogP contribution in [-0.2, 0) is 16.6 Å². The van der Waals surface area contributed by atoms with Gasteiger partial charge in [-0.05, 0) is 36.6 Å². The van der Waals surface area contributed by atoms with Crippen LogP contribution >= 0.6 is 0 Å². The molecule has 0 saturated carbocycles. The summed E-state index contributed by atoms with van der Waals surface area (Å²) in [5.41, 5.74) is 5.80. The molecule has 1 saturated heterocycles. The highest BCUT2D eigenvalue weighted by atomic mass is 32.2. The summed E-state index contributed by atoms with van der Waals surface area (Å²) >= 11 is 0. The lowest BCUT2D eigenvalue weighted by Crippen LogP contribution is -2.29. The molecule has 0 aromatic heterocycles. The van der Waals surface area contributed by atoms with Gasteiger partial charge in [0, 0.05) is 19.6 Å². The van der Waals surface area contributed by atoms with Crippen LogP contribution in [0.3, 0.4) is 0 Å². The molecule has 1 heterocycles. The van der Waals surface area contributed by atoms with Crippen LogP contribution in [0.5, 0.6) is 0 Å². The Labute approximate surface area is 100 Å². The maximum absolute atomic E-state index is 13.0. The number of sulfonamides is 1. The average molecular weight is 258 g/mol. The predicted molar refractivity (Wildman–Crippen MR) is 62.3 cm³/mol. The summed E-state index contributed by atoms with van der Waals surface area (Å²) in [7, 11) is -3.51. The summed E-state index contributed by atoms with van der Waals surface area (Å²) in [6, 6.07) is 3.64. The van der Waals surface area contributed by atoms with Gasteiger partial charge in [-0.15, -0.1) is 0 Å². The minimum Gasteiger partial charge on any atom is -0.326 e. The zero-order chi connectivity index (χ0) is 12.5. The Balaban J connectivity index is 2.45. The third kappa shape index (κ3) is 2.34. The quantitative estimate of drug-likeness (QED) is 0.882. The van der Waals surface area contributed by atoms with Crippen molar-refractivity contribution in [3.8, 4) is 0 Å². The highest BCUT2D eigenvalue weighted by molar-refractivity contribution is 7.89. The summed E-state index contributed by atoms with van der Waals surface area (Å²) in [4.78, 5) is 0.128. The van der Waals surface area contributed by atoms with E-state index < -0.39 is 15.8 Å². The highest BCUT2D eigenvalue weighted by Gasteiger charge is 2.28. The van der Waals surface area contributed by atoms with Gasteiger partial charge in [-0.1, -0.05) is 0 Å². The molecule has 6 heteroatoms. The predicted octanol–water partition coefficient (Wildman–Crippen LogP) is 1.07. The molecule has 0 aliphatic carbocycles. The fraction of sp³-hybridized carbons (Fsp3) is 0.455. The summed E-state index contributed by atoms with van der Waals surface area (Å²) in [5, 5.41) is 0. The molecule has 1 aromatic carbocycles. The van der Waals surface area contributed by atoms with Gasteiger partial charge in [0.25, 0.3) is 0 Å². The molecule has 17 heavy (non-hydrogen) atoms. The molecule has 4 nitrogen and oxygen atoms in total. The number of halogens is 1. The Morgan fingerprint density at radius 1 is 1.29 bits per heavy atom. The lowest BCUT2D eigenvalue weighted by molar-refractivity contribution is 0.476. The van der Waals surface area contributed by atoms with Gasteiger partial charge < -0.3 is 5.73 Å². The monoisotopic (exact) mass is 258 g/mol. The molecule has 0 radical (unpaired) electrons. The molecule has 0 atom stereocenters. The third-order valence-corrected chi connectivity index (χ3v) is 4.92. The number of nitrogens with zero attached hydrogens (tertiary/aromatic N) is 1. The van der Waals surface area contributed by atoms with E-state index in [4.69, 9.17) is 5.73 Å². The molecule has 0 spiro atoms. The molecule has 0 bridgehead atoms. The van der Waals surface area contributed by atoms with E-state index >= 15 is 0 Å². The van der Waals surface area contributed by atoms with Gasteiger partial charge >= 0.3 is 0 Å². The standard InChI is InChI=1S/C11H15FN2O2S/c12-10-3-4-11(9(7-10)8-13)17(15,16)14-5-1-2-6-14/h3-4,7H,1-2,5-6,8,13H2. The van der Waals surface area contributed by atoms with Crippen LogP contribution in [0, 0.1) is 5.82 Å². The van der Waals surface area contributed by atoms with Crippen LogP contribution in [0.25, 0.3) is 0 Å². The van der Waals surface area contributed by atoms with Gasteiger partial charge in [0.2, 0.25) is 10.0 Å². The van der Waals surface area contributed by atoms with E-state index in [0.717, 1.165) is 18.9 Å². The van der Waals surface area contributed by atoms with E-state index in [1.807, 2.05) is 0 Å². The molecular weight excluding hydrogens is 243 g/mol. The highest BCUT2D eigenvalue weighted by Crippen LogP contribution is 2.24. The molecule has 1 aliphatic rings. The first-order chi connectivity index (χ1) is 8.05. The Morgan fingerprint density at radius 3 is 2.53 bits per heavy atom. The number of benzene rings is 1. The van der Waals surface area contributed by atoms with E-state index in [9.17, 15) is 12.8 Å². The number of hydrogen-bond donors (Lipinski definition) is 1. The molecule has 1 aliphatic heterocycles. The van der Waals surface area contributed by atoms with Crippen LogP contribution in [0.4, 0.5) is 4.39 Å². The summed E-state index contributed by atoms with van der Waals surface area (Å²) in [6.07, 6.45) is 1.75. The van der Waals surface area contributed by atoms with Crippen LogP contribution in [0.2, 0.25) is 0 Å². The number of nitrogens with two attached hydrogens (primary N) is 1. The van der Waals surface area contributed by atoms with Crippen LogP contribution in [0.15, 0.2) is 23.1 Å². The molecule has 2 N–H and O–H groups in total. The van der Waals surface area contributed by atoms with Crippen LogP contribution in [0.1, 0.15) is 18.4 Å². The van der Waals surface area contributed by atoms with Crippen LogP contribution < -0.4 is 5.73 Å². The SMILES string of the molecule is NCc1cc(F)ccc1S(=O)(=O)N1CCCC1. The molecular formula is C11H15FN2O2S. The first kappa shape index (κ1) is 12.5. The minimum atomic E-state index is -3.51. The van der Waals surface area contributed by atoms with Gasteiger partial charge in [-0.25, -0.2) is 12.8 Å². The first-order valence-corrected chi connectivity index (χ1v) is 6.98. The minimum absolute atomic E-state index is 0.0141. The van der Waals surface area contributed by atoms with E-state index in [0.29, 0.717) is 18.7 Å². The largest absolute Gasteiger partial charge is 0.326 e. The Hall–Kier alpha value is -0.980. The van der Waals surface area contributed by atoms with Crippen molar-refractivity contribution < 1.29 is 12.8 Å². The molecule has 0 unspecified atom stereocenters. The van der Waals surface area contributed by atoms with Gasteiger partial charge in [0.05, 0.1) is 4.90 Å². The van der Waals surface area contributed by atoms with Crippen molar-refractivity contribution in [3.05, 3.63) is 29.6 Å². The molecule has 1 fully saturated rings. The molecule has 0 amide bonds. The lowest BCUT2D eigenvalue weighted by atomic mass is 10.2. The Morgan fingerprint density at radius 2 is 1.94 bits per heavy atom. The smallest absolute Gasteiger partial charge is 0.243 e. The zero-order valence-electron chi connectivity index (χ0n) is 9.39. The maximum Gasteiger partial charge on any atom is 0.243 e. The second kappa shape index (κ2) is 4.72. The van der Waals surface area contributed by atoms with Crippen molar-refractivity contribution in [2.24, 2.45) is 5.73 Å². The third-order valence-electron chi connectivity index (χ3n) is 2.93. The second-order valence-corrected chi connectivity index (χ2v) is 5.97. The molecule has 2 rings (SSSR count). The van der Waals surface area contributed by atoms with E-state index in [2.05, 4.69) is 0 Å². The summed E-state index contributed by atoms with van der Waals surface area (Å²) in [6.45, 7) is 1.08. The fourth-order valence-corrected chi connectivity index (χ4v) is 3.76. The van der Waals surface area contributed by atoms with E-state index in [1.54, 1.807) is 0 Å². The Kier molecular flexibility index (Phi) is 3.46. The van der Waals surface area contributed by atoms with Crippen molar-refractivity contribution in [2.45, 2.75) is 24.3 Å². The van der Waals surface area contributed by atoms with Crippen molar-refractivity contribution in [3.63, 3.8) is 0 Å². The van der Waals surface area contributed by atoms with Crippen molar-refractivity contribution in [1.82, 2.24) is 4.31 Å².